The van der Waals surface area contributed by atoms with E-state index in [9.17, 15) is 14.4 Å². The molecule has 0 N–H and O–H groups in total. The highest BCUT2D eigenvalue weighted by Gasteiger charge is 2.42. The Morgan fingerprint density at radius 1 is 0.875 bits per heavy atom. The fourth-order valence-corrected chi connectivity index (χ4v) is 7.23. The molecule has 2 aromatic carbocycles. The van der Waals surface area contributed by atoms with E-state index in [1.165, 1.54) is 21.7 Å². The summed E-state index contributed by atoms with van der Waals surface area (Å²) in [5, 5.41) is 1.96. The van der Waals surface area contributed by atoms with Crippen molar-refractivity contribution in [3.63, 3.8) is 0 Å². The number of piperidine rings is 1. The molecule has 208 valence electrons. The Morgan fingerprint density at radius 2 is 1.62 bits per heavy atom. The van der Waals surface area contributed by atoms with Crippen LogP contribution in [-0.2, 0) is 4.79 Å². The molecule has 0 radical (unpaired) electrons. The molecule has 4 heterocycles. The Kier molecular flexibility index (Phi) is 7.13. The maximum atomic E-state index is 13.7. The summed E-state index contributed by atoms with van der Waals surface area (Å²) in [6.07, 6.45) is 1.72. The van der Waals surface area contributed by atoms with Crippen molar-refractivity contribution < 1.29 is 14.4 Å². The smallest absolute Gasteiger partial charge is 0.264 e. The van der Waals surface area contributed by atoms with Gasteiger partial charge in [0.2, 0.25) is 5.91 Å². The molecule has 0 bridgehead atoms. The lowest BCUT2D eigenvalue weighted by atomic mass is 9.94. The summed E-state index contributed by atoms with van der Waals surface area (Å²) in [6, 6.07) is 15.5. The first-order valence-electron chi connectivity index (χ1n) is 14.2. The molecule has 2 fully saturated rings. The number of aryl methyl sites for hydroxylation is 1. The summed E-state index contributed by atoms with van der Waals surface area (Å²) in [5.41, 5.74) is 5.56. The van der Waals surface area contributed by atoms with E-state index in [0.29, 0.717) is 30.8 Å². The standard InChI is InChI=1S/C32H36N4O3S/c1-21-8-4-11-26(22(21)2)33-15-17-34(18-16-33)30(37)24-9-6-14-35(20-24)27-12-5-10-25-29(27)32(39)36(31(25)38)23(3)28-13-7-19-40-28/h4-5,7-8,10-13,19,23-24H,6,9,14-18,20H2,1-3H3/t23-,24-/m0/s1. The summed E-state index contributed by atoms with van der Waals surface area (Å²) >= 11 is 1.55. The van der Waals surface area contributed by atoms with E-state index in [0.717, 1.165) is 43.0 Å². The van der Waals surface area contributed by atoms with Crippen molar-refractivity contribution in [3.8, 4) is 0 Å². The number of benzene rings is 2. The maximum absolute atomic E-state index is 13.7. The largest absolute Gasteiger partial charge is 0.370 e. The van der Waals surface area contributed by atoms with Gasteiger partial charge < -0.3 is 14.7 Å². The predicted molar refractivity (Wildman–Crippen MR) is 159 cm³/mol. The Bertz CT molecular complexity index is 1440. The molecule has 2 atom stereocenters. The molecule has 2 saturated heterocycles. The molecule has 6 rings (SSSR count). The summed E-state index contributed by atoms with van der Waals surface area (Å²) in [5.74, 6) is -0.403. The zero-order valence-electron chi connectivity index (χ0n) is 23.4. The number of hydrogen-bond donors (Lipinski definition) is 0. The van der Waals surface area contributed by atoms with Crippen molar-refractivity contribution in [2.45, 2.75) is 39.7 Å². The molecule has 3 amide bonds. The Morgan fingerprint density at radius 3 is 2.38 bits per heavy atom. The van der Waals surface area contributed by atoms with E-state index < -0.39 is 0 Å². The van der Waals surface area contributed by atoms with Gasteiger partial charge in [-0.1, -0.05) is 24.3 Å². The van der Waals surface area contributed by atoms with Crippen LogP contribution in [0.25, 0.3) is 0 Å². The van der Waals surface area contributed by atoms with Crippen molar-refractivity contribution >= 4 is 40.4 Å². The van der Waals surface area contributed by atoms with Gasteiger partial charge in [-0.2, -0.15) is 0 Å². The van der Waals surface area contributed by atoms with Gasteiger partial charge in [-0.25, -0.2) is 0 Å². The van der Waals surface area contributed by atoms with Crippen LogP contribution in [0.5, 0.6) is 0 Å². The first kappa shape index (κ1) is 26.6. The normalized spacial score (nSPS) is 20.2. The third kappa shape index (κ3) is 4.58. The average molecular weight is 557 g/mol. The highest BCUT2D eigenvalue weighted by Crippen LogP contribution is 2.38. The second-order valence-electron chi connectivity index (χ2n) is 11.2. The van der Waals surface area contributed by atoms with E-state index in [1.807, 2.05) is 41.5 Å². The van der Waals surface area contributed by atoms with Gasteiger partial charge in [0.1, 0.15) is 0 Å². The van der Waals surface area contributed by atoms with E-state index in [4.69, 9.17) is 0 Å². The number of thiophene rings is 1. The summed E-state index contributed by atoms with van der Waals surface area (Å²) in [4.78, 5) is 49.6. The van der Waals surface area contributed by atoms with Gasteiger partial charge in [0.05, 0.1) is 28.8 Å². The number of imide groups is 1. The van der Waals surface area contributed by atoms with Crippen molar-refractivity contribution in [1.82, 2.24) is 9.80 Å². The van der Waals surface area contributed by atoms with Crippen molar-refractivity contribution in [2.75, 3.05) is 49.1 Å². The Balaban J connectivity index is 1.16. The van der Waals surface area contributed by atoms with Crippen LogP contribution in [-0.4, -0.2) is 66.8 Å². The monoisotopic (exact) mass is 556 g/mol. The van der Waals surface area contributed by atoms with E-state index in [2.05, 4.69) is 41.8 Å². The number of piperazine rings is 1. The van der Waals surface area contributed by atoms with Crippen LogP contribution in [0.3, 0.4) is 0 Å². The van der Waals surface area contributed by atoms with Crippen molar-refractivity contribution in [2.24, 2.45) is 5.92 Å². The first-order valence-corrected chi connectivity index (χ1v) is 15.1. The van der Waals surface area contributed by atoms with E-state index in [-0.39, 0.29) is 29.7 Å². The molecule has 7 nitrogen and oxygen atoms in total. The van der Waals surface area contributed by atoms with Gasteiger partial charge in [0.25, 0.3) is 11.8 Å². The molecule has 3 aliphatic rings. The third-order valence-corrected chi connectivity index (χ3v) is 9.93. The van der Waals surface area contributed by atoms with Gasteiger partial charge in [-0.3, -0.25) is 19.3 Å². The fraction of sp³-hybridized carbons (Fsp3) is 0.406. The molecule has 3 aliphatic heterocycles. The number of rotatable bonds is 5. The first-order chi connectivity index (χ1) is 19.3. The summed E-state index contributed by atoms with van der Waals surface area (Å²) in [6.45, 7) is 10.6. The van der Waals surface area contributed by atoms with E-state index >= 15 is 0 Å². The predicted octanol–water partition coefficient (Wildman–Crippen LogP) is 5.29. The van der Waals surface area contributed by atoms with Crippen molar-refractivity contribution in [1.29, 1.82) is 0 Å². The lowest BCUT2D eigenvalue weighted by molar-refractivity contribution is -0.136. The van der Waals surface area contributed by atoms with Crippen LogP contribution in [0, 0.1) is 19.8 Å². The molecule has 0 spiro atoms. The molecule has 0 unspecified atom stereocenters. The summed E-state index contributed by atoms with van der Waals surface area (Å²) < 4.78 is 0. The molecular weight excluding hydrogens is 520 g/mol. The van der Waals surface area contributed by atoms with Gasteiger partial charge in [0.15, 0.2) is 0 Å². The Hall–Kier alpha value is -3.65. The lowest BCUT2D eigenvalue weighted by Crippen LogP contribution is -2.52. The average Bonchev–Trinajstić information content (AvgIpc) is 3.61. The van der Waals surface area contributed by atoms with Gasteiger partial charge in [-0.05, 0) is 74.4 Å². The van der Waals surface area contributed by atoms with Gasteiger partial charge in [0, 0.05) is 49.8 Å². The number of carbonyl (C=O) groups is 3. The maximum Gasteiger partial charge on any atom is 0.264 e. The topological polar surface area (TPSA) is 64.2 Å². The minimum absolute atomic E-state index is 0.120. The molecular formula is C32H36N4O3S. The molecule has 40 heavy (non-hydrogen) atoms. The van der Waals surface area contributed by atoms with Crippen LogP contribution in [0.4, 0.5) is 11.4 Å². The SMILES string of the molecule is Cc1cccc(N2CCN(C(=O)[C@H]3CCCN(c4cccc5c4C(=O)N([C@@H](C)c4cccs4)C5=O)C3)CC2)c1C. The number of fused-ring (bicyclic) bond motifs is 1. The van der Waals surface area contributed by atoms with Crippen LogP contribution in [0.2, 0.25) is 0 Å². The fourth-order valence-electron chi connectivity index (χ4n) is 6.46. The van der Waals surface area contributed by atoms with Crippen LogP contribution >= 0.6 is 11.3 Å². The Labute approximate surface area is 240 Å². The number of anilines is 2. The van der Waals surface area contributed by atoms with Gasteiger partial charge >= 0.3 is 0 Å². The third-order valence-electron chi connectivity index (χ3n) is 8.89. The highest BCUT2D eigenvalue weighted by atomic mass is 32.1. The molecule has 0 aliphatic carbocycles. The van der Waals surface area contributed by atoms with Crippen molar-refractivity contribution in [3.05, 3.63) is 81.0 Å². The second kappa shape index (κ2) is 10.7. The lowest BCUT2D eigenvalue weighted by Gasteiger charge is -2.40. The van der Waals surface area contributed by atoms with E-state index in [1.54, 1.807) is 17.4 Å². The quantitative estimate of drug-likeness (QED) is 0.400. The zero-order valence-corrected chi connectivity index (χ0v) is 24.2. The molecule has 1 aromatic heterocycles. The molecule has 3 aromatic rings. The van der Waals surface area contributed by atoms with Gasteiger partial charge in [-0.15, -0.1) is 11.3 Å². The second-order valence-corrected chi connectivity index (χ2v) is 12.2. The van der Waals surface area contributed by atoms with Crippen LogP contribution in [0.15, 0.2) is 53.9 Å². The number of nitrogens with zero attached hydrogens (tertiary/aromatic N) is 4. The highest BCUT2D eigenvalue weighted by molar-refractivity contribution is 7.10. The van der Waals surface area contributed by atoms with Crippen LogP contribution in [0.1, 0.15) is 62.5 Å². The minimum atomic E-state index is -0.321. The zero-order chi connectivity index (χ0) is 28.0. The minimum Gasteiger partial charge on any atom is -0.370 e. The summed E-state index contributed by atoms with van der Waals surface area (Å²) in [7, 11) is 0. The number of carbonyl (C=O) groups excluding carboxylic acids is 3. The van der Waals surface area contributed by atoms with Crippen LogP contribution < -0.4 is 9.80 Å². The molecule has 8 heteroatoms. The number of hydrogen-bond acceptors (Lipinski definition) is 6. The number of amides is 3. The molecule has 0 saturated carbocycles.